The molecule has 1 aliphatic heterocycles. The molecule has 1 saturated heterocycles. The van der Waals surface area contributed by atoms with Gasteiger partial charge >= 0.3 is 0 Å². The van der Waals surface area contributed by atoms with Crippen molar-refractivity contribution in [1.29, 1.82) is 0 Å². The number of thioether (sulfide) groups is 1. The zero-order chi connectivity index (χ0) is 23.7. The number of benzene rings is 2. The van der Waals surface area contributed by atoms with Crippen molar-refractivity contribution in [2.75, 3.05) is 7.11 Å². The first-order chi connectivity index (χ1) is 14.9. The number of amidine groups is 1. The van der Waals surface area contributed by atoms with Crippen molar-refractivity contribution in [2.24, 2.45) is 4.99 Å². The number of phenols is 1. The fourth-order valence-electron chi connectivity index (χ4n) is 3.43. The van der Waals surface area contributed by atoms with Crippen LogP contribution in [0, 0.1) is 0 Å². The van der Waals surface area contributed by atoms with Gasteiger partial charge in [-0.05, 0) is 64.1 Å². The van der Waals surface area contributed by atoms with E-state index in [0.29, 0.717) is 22.4 Å². The van der Waals surface area contributed by atoms with Crippen LogP contribution in [0.3, 0.4) is 0 Å². The van der Waals surface area contributed by atoms with Gasteiger partial charge in [0.1, 0.15) is 11.5 Å². The van der Waals surface area contributed by atoms with Gasteiger partial charge in [-0.2, -0.15) is 0 Å². The van der Waals surface area contributed by atoms with Gasteiger partial charge in [-0.25, -0.2) is 0 Å². The molecular weight excluding hydrogens is 420 g/mol. The Labute approximate surface area is 195 Å². The van der Waals surface area contributed by atoms with Crippen LogP contribution in [-0.2, 0) is 22.2 Å². The Balaban J connectivity index is 1.88. The lowest BCUT2D eigenvalue weighted by atomic mass is 9.78. The number of hydrogen-bond acceptors (Lipinski definition) is 5. The first-order valence-corrected chi connectivity index (χ1v) is 11.5. The van der Waals surface area contributed by atoms with Crippen molar-refractivity contribution in [3.63, 3.8) is 0 Å². The molecule has 2 aromatic carbocycles. The number of carbonyl (C=O) groups is 1. The highest BCUT2D eigenvalue weighted by Crippen LogP contribution is 2.40. The predicted molar refractivity (Wildman–Crippen MR) is 133 cm³/mol. The molecule has 0 saturated carbocycles. The van der Waals surface area contributed by atoms with E-state index in [-0.39, 0.29) is 16.7 Å². The summed E-state index contributed by atoms with van der Waals surface area (Å²) in [7, 11) is 1.64. The fraction of sp³-hybridized carbons (Fsp3) is 0.385. The summed E-state index contributed by atoms with van der Waals surface area (Å²) in [6.07, 6.45) is 1.87. The molecule has 1 heterocycles. The molecule has 0 atom stereocenters. The summed E-state index contributed by atoms with van der Waals surface area (Å²) >= 11 is 1.33. The van der Waals surface area contributed by atoms with Gasteiger partial charge in [-0.3, -0.25) is 9.79 Å². The maximum atomic E-state index is 12.6. The first-order valence-electron chi connectivity index (χ1n) is 10.6. The van der Waals surface area contributed by atoms with Crippen LogP contribution < -0.4 is 10.1 Å². The molecule has 0 unspecified atom stereocenters. The fourth-order valence-corrected chi connectivity index (χ4v) is 4.25. The molecule has 1 amide bonds. The maximum Gasteiger partial charge on any atom is 0.264 e. The second-order valence-electron chi connectivity index (χ2n) is 10.00. The summed E-state index contributed by atoms with van der Waals surface area (Å²) in [5.74, 6) is 0.969. The van der Waals surface area contributed by atoms with Crippen molar-refractivity contribution >= 4 is 28.9 Å². The molecule has 0 radical (unpaired) electrons. The molecule has 0 bridgehead atoms. The lowest BCUT2D eigenvalue weighted by Gasteiger charge is -2.28. The number of aromatic hydroxyl groups is 1. The molecule has 3 rings (SSSR count). The van der Waals surface area contributed by atoms with Crippen LogP contribution in [0.25, 0.3) is 6.08 Å². The Hall–Kier alpha value is -2.73. The van der Waals surface area contributed by atoms with Crippen LogP contribution >= 0.6 is 11.8 Å². The van der Waals surface area contributed by atoms with E-state index < -0.39 is 0 Å². The molecular formula is C26H32N2O3S. The molecule has 1 fully saturated rings. The largest absolute Gasteiger partial charge is 0.507 e. The third-order valence-corrected chi connectivity index (χ3v) is 6.21. The van der Waals surface area contributed by atoms with Gasteiger partial charge in [-0.1, -0.05) is 53.7 Å². The van der Waals surface area contributed by atoms with Crippen LogP contribution in [0.15, 0.2) is 46.3 Å². The zero-order valence-electron chi connectivity index (χ0n) is 19.9. The molecule has 6 heteroatoms. The quantitative estimate of drug-likeness (QED) is 0.579. The normalized spacial score (nSPS) is 17.2. The highest BCUT2D eigenvalue weighted by Gasteiger charge is 2.28. The van der Waals surface area contributed by atoms with Crippen molar-refractivity contribution in [2.45, 2.75) is 58.9 Å². The van der Waals surface area contributed by atoms with E-state index in [1.807, 2.05) is 42.5 Å². The molecule has 0 aliphatic carbocycles. The average Bonchev–Trinajstić information content (AvgIpc) is 3.05. The van der Waals surface area contributed by atoms with E-state index in [1.54, 1.807) is 7.11 Å². The van der Waals surface area contributed by atoms with Crippen LogP contribution in [-0.4, -0.2) is 23.3 Å². The van der Waals surface area contributed by atoms with Crippen molar-refractivity contribution in [3.8, 4) is 11.5 Å². The Kier molecular flexibility index (Phi) is 6.75. The summed E-state index contributed by atoms with van der Waals surface area (Å²) in [5.41, 5.74) is 3.21. The van der Waals surface area contributed by atoms with Gasteiger partial charge in [0.05, 0.1) is 18.6 Å². The zero-order valence-corrected chi connectivity index (χ0v) is 20.7. The average molecular weight is 453 g/mol. The van der Waals surface area contributed by atoms with E-state index in [4.69, 9.17) is 4.74 Å². The Bertz CT molecular complexity index is 1040. The van der Waals surface area contributed by atoms with Crippen LogP contribution in [0.2, 0.25) is 0 Å². The summed E-state index contributed by atoms with van der Waals surface area (Å²) in [5, 5.41) is 14.4. The first kappa shape index (κ1) is 23.9. The van der Waals surface area contributed by atoms with Crippen LogP contribution in [0.1, 0.15) is 63.8 Å². The van der Waals surface area contributed by atoms with Crippen molar-refractivity contribution in [1.82, 2.24) is 5.32 Å². The van der Waals surface area contributed by atoms with E-state index in [1.165, 1.54) is 11.8 Å². The number of aliphatic imine (C=N–C) groups is 1. The maximum absolute atomic E-state index is 12.6. The highest BCUT2D eigenvalue weighted by molar-refractivity contribution is 8.18. The third kappa shape index (κ3) is 5.54. The number of hydrogen-bond donors (Lipinski definition) is 2. The van der Waals surface area contributed by atoms with Crippen LogP contribution in [0.4, 0.5) is 0 Å². The van der Waals surface area contributed by atoms with Gasteiger partial charge in [0.2, 0.25) is 0 Å². The minimum Gasteiger partial charge on any atom is -0.507 e. The predicted octanol–water partition coefficient (Wildman–Crippen LogP) is 5.76. The number of methoxy groups -OCH3 is 1. The van der Waals surface area contributed by atoms with Gasteiger partial charge in [-0.15, -0.1) is 0 Å². The summed E-state index contributed by atoms with van der Waals surface area (Å²) in [4.78, 5) is 17.7. The molecule has 2 aromatic rings. The molecule has 0 aromatic heterocycles. The number of phenolic OH excluding ortho intramolecular Hbond substituents is 1. The van der Waals surface area contributed by atoms with E-state index in [2.05, 4.69) is 51.9 Å². The standard InChI is InChI=1S/C26H32N2O3S/c1-25(2,3)19-12-17(13-20(22(19)29)26(4,5)6)14-21-23(30)28-24(32-21)27-15-16-8-10-18(31-7)11-9-16/h8-14,29H,15H2,1-7H3,(H,27,28,30)/b21-14-. The number of rotatable bonds is 4. The summed E-state index contributed by atoms with van der Waals surface area (Å²) < 4.78 is 5.18. The van der Waals surface area contributed by atoms with E-state index >= 15 is 0 Å². The molecule has 5 nitrogen and oxygen atoms in total. The van der Waals surface area contributed by atoms with Gasteiger partial charge in [0.15, 0.2) is 5.17 Å². The highest BCUT2D eigenvalue weighted by atomic mass is 32.2. The lowest BCUT2D eigenvalue weighted by Crippen LogP contribution is -2.20. The summed E-state index contributed by atoms with van der Waals surface area (Å²) in [6.45, 7) is 12.9. The third-order valence-electron chi connectivity index (χ3n) is 5.26. The number of nitrogens with one attached hydrogen (secondary N) is 1. The monoisotopic (exact) mass is 452 g/mol. The number of amides is 1. The molecule has 32 heavy (non-hydrogen) atoms. The Morgan fingerprint density at radius 2 is 1.59 bits per heavy atom. The second-order valence-corrected chi connectivity index (χ2v) is 11.0. The van der Waals surface area contributed by atoms with Crippen molar-refractivity contribution in [3.05, 3.63) is 63.6 Å². The van der Waals surface area contributed by atoms with Crippen molar-refractivity contribution < 1.29 is 14.6 Å². The molecule has 170 valence electrons. The molecule has 0 spiro atoms. The minimum atomic E-state index is -0.228. The van der Waals surface area contributed by atoms with E-state index in [9.17, 15) is 9.90 Å². The number of carbonyl (C=O) groups excluding carboxylic acids is 1. The van der Waals surface area contributed by atoms with E-state index in [0.717, 1.165) is 28.0 Å². The van der Waals surface area contributed by atoms with Gasteiger partial charge in [0, 0.05) is 11.1 Å². The van der Waals surface area contributed by atoms with Crippen LogP contribution in [0.5, 0.6) is 11.5 Å². The van der Waals surface area contributed by atoms with Gasteiger partial charge < -0.3 is 15.2 Å². The Morgan fingerprint density at radius 3 is 2.09 bits per heavy atom. The molecule has 2 N–H and O–H groups in total. The topological polar surface area (TPSA) is 70.9 Å². The minimum absolute atomic E-state index is 0.161. The van der Waals surface area contributed by atoms with Gasteiger partial charge in [0.25, 0.3) is 5.91 Å². The Morgan fingerprint density at radius 1 is 1.03 bits per heavy atom. The number of ether oxygens (including phenoxy) is 1. The summed E-state index contributed by atoms with van der Waals surface area (Å²) in [6, 6.07) is 11.6. The SMILES string of the molecule is COc1ccc(CN=C2NC(=O)/C(=C/c3cc(C(C)(C)C)c(O)c(C(C)(C)C)c3)S2)cc1. The second kappa shape index (κ2) is 9.02. The number of nitrogens with zero attached hydrogens (tertiary/aromatic N) is 1. The smallest absolute Gasteiger partial charge is 0.264 e. The lowest BCUT2D eigenvalue weighted by molar-refractivity contribution is -0.115. The molecule has 1 aliphatic rings.